The van der Waals surface area contributed by atoms with Gasteiger partial charge in [-0.2, -0.15) is 5.10 Å². The summed E-state index contributed by atoms with van der Waals surface area (Å²) in [4.78, 5) is 31.6. The molecule has 146 valence electrons. The van der Waals surface area contributed by atoms with Crippen LogP contribution in [0.3, 0.4) is 0 Å². The Morgan fingerprint density at radius 3 is 2.79 bits per heavy atom. The zero-order valence-electron chi connectivity index (χ0n) is 16.5. The minimum atomic E-state index is -1.08. The first kappa shape index (κ1) is 17.7. The minimum Gasteiger partial charge on any atom is -0.356 e. The van der Waals surface area contributed by atoms with Crippen molar-refractivity contribution in [3.05, 3.63) is 70.9 Å². The monoisotopic (exact) mass is 386 g/mol. The van der Waals surface area contributed by atoms with Crippen LogP contribution in [0.15, 0.2) is 53.6 Å². The van der Waals surface area contributed by atoms with Crippen molar-refractivity contribution in [2.45, 2.75) is 25.8 Å². The lowest BCUT2D eigenvalue weighted by molar-refractivity contribution is -0.165. The molecule has 0 spiro atoms. The van der Waals surface area contributed by atoms with Gasteiger partial charge in [-0.05, 0) is 37.5 Å². The van der Waals surface area contributed by atoms with E-state index in [-0.39, 0.29) is 18.4 Å². The Bertz CT molecular complexity index is 1180. The average Bonchev–Trinajstić information content (AvgIpc) is 3.10. The molecule has 2 amide bonds. The maximum absolute atomic E-state index is 13.6. The van der Waals surface area contributed by atoms with Crippen molar-refractivity contribution in [3.8, 4) is 0 Å². The van der Waals surface area contributed by atoms with Gasteiger partial charge in [-0.3, -0.25) is 9.59 Å². The van der Waals surface area contributed by atoms with E-state index >= 15 is 0 Å². The molecule has 29 heavy (non-hydrogen) atoms. The molecule has 3 aromatic rings. The van der Waals surface area contributed by atoms with Gasteiger partial charge in [0, 0.05) is 17.4 Å². The minimum absolute atomic E-state index is 0.0354. The molecule has 1 atom stereocenters. The Labute approximate surface area is 168 Å². The summed E-state index contributed by atoms with van der Waals surface area (Å²) < 4.78 is 0. The van der Waals surface area contributed by atoms with Gasteiger partial charge in [0.25, 0.3) is 5.91 Å². The number of carbonyl (C=O) groups excluding carboxylic acids is 2. The van der Waals surface area contributed by atoms with E-state index in [9.17, 15) is 9.59 Å². The molecule has 2 aliphatic rings. The number of rotatable bonds is 2. The fourth-order valence-electron chi connectivity index (χ4n) is 4.57. The number of nitrogens with one attached hydrogen (secondary N) is 1. The molecule has 5 rings (SSSR count). The van der Waals surface area contributed by atoms with Gasteiger partial charge in [-0.25, -0.2) is 5.01 Å². The molecule has 0 saturated carbocycles. The number of piperazine rings is 1. The third-order valence-electron chi connectivity index (χ3n) is 6.05. The number of hydrogen-bond donors (Lipinski definition) is 1. The molecule has 0 unspecified atom stereocenters. The topological polar surface area (TPSA) is 68.8 Å². The summed E-state index contributed by atoms with van der Waals surface area (Å²) in [6.07, 6.45) is 2.38. The zero-order valence-corrected chi connectivity index (χ0v) is 16.5. The molecule has 1 saturated heterocycles. The van der Waals surface area contributed by atoms with E-state index in [1.807, 2.05) is 56.3 Å². The second kappa shape index (κ2) is 6.30. The number of H-pyrrole nitrogens is 1. The summed E-state index contributed by atoms with van der Waals surface area (Å²) in [5.74, 6) is -0.272. The van der Waals surface area contributed by atoms with Gasteiger partial charge >= 0.3 is 0 Å². The first-order valence-corrected chi connectivity index (χ1v) is 9.81. The smallest absolute Gasteiger partial charge is 0.275 e. The number of benzene rings is 2. The second-order valence-electron chi connectivity index (χ2n) is 7.91. The van der Waals surface area contributed by atoms with E-state index in [2.05, 4.69) is 16.2 Å². The van der Waals surface area contributed by atoms with Gasteiger partial charge in [0.1, 0.15) is 6.54 Å². The predicted octanol–water partition coefficient (Wildman–Crippen LogP) is 2.95. The highest BCUT2D eigenvalue weighted by Gasteiger charge is 2.54. The van der Waals surface area contributed by atoms with Crippen molar-refractivity contribution < 1.29 is 9.59 Å². The van der Waals surface area contributed by atoms with Crippen molar-refractivity contribution in [1.29, 1.82) is 0 Å². The van der Waals surface area contributed by atoms with Crippen molar-refractivity contribution in [1.82, 2.24) is 14.9 Å². The van der Waals surface area contributed by atoms with Crippen molar-refractivity contribution in [2.24, 2.45) is 5.10 Å². The first-order valence-electron chi connectivity index (χ1n) is 9.81. The normalized spacial score (nSPS) is 21.7. The molecule has 3 heterocycles. The Morgan fingerprint density at radius 2 is 1.97 bits per heavy atom. The van der Waals surface area contributed by atoms with Crippen LogP contribution >= 0.6 is 0 Å². The number of aromatic amines is 1. The van der Waals surface area contributed by atoms with Crippen molar-refractivity contribution in [3.63, 3.8) is 0 Å². The Balaban J connectivity index is 1.57. The molecular formula is C23H22N4O2. The molecular weight excluding hydrogens is 364 g/mol. The number of fused-ring (bicyclic) bond motifs is 5. The molecule has 1 aromatic heterocycles. The molecule has 0 aliphatic carbocycles. The molecule has 6 nitrogen and oxygen atoms in total. The van der Waals surface area contributed by atoms with Gasteiger partial charge in [0.15, 0.2) is 5.54 Å². The summed E-state index contributed by atoms with van der Waals surface area (Å²) >= 11 is 0. The number of para-hydroxylation sites is 1. The summed E-state index contributed by atoms with van der Waals surface area (Å²) in [5, 5.41) is 6.81. The first-order chi connectivity index (χ1) is 14.0. The van der Waals surface area contributed by atoms with Crippen LogP contribution in [0.25, 0.3) is 10.9 Å². The van der Waals surface area contributed by atoms with Gasteiger partial charge < -0.3 is 9.88 Å². The van der Waals surface area contributed by atoms with Crippen LogP contribution in [-0.4, -0.2) is 46.0 Å². The molecule has 6 heteroatoms. The Morgan fingerprint density at radius 1 is 1.14 bits per heavy atom. The number of hydrazone groups is 1. The maximum Gasteiger partial charge on any atom is 0.275 e. The van der Waals surface area contributed by atoms with Crippen LogP contribution in [0.2, 0.25) is 0 Å². The summed E-state index contributed by atoms with van der Waals surface area (Å²) in [6, 6.07) is 15.9. The highest BCUT2D eigenvalue weighted by Crippen LogP contribution is 2.41. The number of hydrogen-bond acceptors (Lipinski definition) is 3. The SMILES string of the molecule is Cc1cccc(/C=N\N2CC(=O)N3CCc4c([nH]c5ccccc45)[C@]3(C)C2=O)c1. The molecule has 2 aliphatic heterocycles. The predicted molar refractivity (Wildman–Crippen MR) is 112 cm³/mol. The number of carbonyl (C=O) groups is 2. The number of amides is 2. The van der Waals surface area contributed by atoms with Gasteiger partial charge in [-0.15, -0.1) is 0 Å². The number of aryl methyl sites for hydroxylation is 1. The van der Waals surface area contributed by atoms with Crippen LogP contribution in [0, 0.1) is 6.92 Å². The van der Waals surface area contributed by atoms with Gasteiger partial charge in [0.05, 0.1) is 11.9 Å². The molecule has 0 bridgehead atoms. The highest BCUT2D eigenvalue weighted by atomic mass is 16.2. The lowest BCUT2D eigenvalue weighted by Gasteiger charge is -2.48. The highest BCUT2D eigenvalue weighted by molar-refractivity contribution is 6.01. The third-order valence-corrected chi connectivity index (χ3v) is 6.05. The maximum atomic E-state index is 13.6. The number of aromatic nitrogens is 1. The molecule has 1 N–H and O–H groups in total. The summed E-state index contributed by atoms with van der Waals surface area (Å²) in [5.41, 5.74) is 3.84. The van der Waals surface area contributed by atoms with Crippen molar-refractivity contribution in [2.75, 3.05) is 13.1 Å². The standard InChI is InChI=1S/C23H22N4O2/c1-15-6-5-7-16(12-15)13-24-27-14-20(28)26-11-10-18-17-8-3-4-9-19(17)25-21(18)23(26,2)22(27)29/h3-9,12-13,25H,10-11,14H2,1-2H3/b24-13-/t23-/m1/s1. The molecule has 2 aromatic carbocycles. The quantitative estimate of drug-likeness (QED) is 0.688. The Hall–Kier alpha value is -3.41. The van der Waals surface area contributed by atoms with E-state index in [1.165, 1.54) is 5.01 Å². The molecule has 0 radical (unpaired) electrons. The van der Waals surface area contributed by atoms with E-state index in [1.54, 1.807) is 11.1 Å². The van der Waals surface area contributed by atoms with Gasteiger partial charge in [0.2, 0.25) is 5.91 Å². The van der Waals surface area contributed by atoms with E-state index in [4.69, 9.17) is 0 Å². The average molecular weight is 386 g/mol. The lowest BCUT2D eigenvalue weighted by atomic mass is 9.83. The second-order valence-corrected chi connectivity index (χ2v) is 7.91. The third kappa shape index (κ3) is 2.59. The largest absolute Gasteiger partial charge is 0.356 e. The van der Waals surface area contributed by atoms with Crippen LogP contribution in [0.4, 0.5) is 0 Å². The van der Waals surface area contributed by atoms with E-state index in [0.29, 0.717) is 6.54 Å². The van der Waals surface area contributed by atoms with E-state index < -0.39 is 5.54 Å². The van der Waals surface area contributed by atoms with Crippen molar-refractivity contribution >= 4 is 28.9 Å². The fraction of sp³-hybridized carbons (Fsp3) is 0.261. The molecule has 1 fully saturated rings. The van der Waals surface area contributed by atoms with Crippen LogP contribution in [0.5, 0.6) is 0 Å². The van der Waals surface area contributed by atoms with Crippen LogP contribution in [-0.2, 0) is 21.5 Å². The zero-order chi connectivity index (χ0) is 20.2. The lowest BCUT2D eigenvalue weighted by Crippen LogP contribution is -2.65. The Kier molecular flexibility index (Phi) is 3.84. The van der Waals surface area contributed by atoms with Crippen LogP contribution in [0.1, 0.15) is 29.3 Å². The number of nitrogens with zero attached hydrogens (tertiary/aromatic N) is 3. The van der Waals surface area contributed by atoms with E-state index in [0.717, 1.165) is 39.7 Å². The summed E-state index contributed by atoms with van der Waals surface area (Å²) in [7, 11) is 0. The summed E-state index contributed by atoms with van der Waals surface area (Å²) in [6.45, 7) is 4.33. The fourth-order valence-corrected chi connectivity index (χ4v) is 4.57. The van der Waals surface area contributed by atoms with Gasteiger partial charge in [-0.1, -0.05) is 48.0 Å². The van der Waals surface area contributed by atoms with Crippen LogP contribution < -0.4 is 0 Å².